The maximum Gasteiger partial charge on any atom is 0.250 e. The largest absolute Gasteiger partial charge is 0.384 e. The molecule has 3 nitrogen and oxygen atoms in total. The molecular formula is C10H13ClN2O. The number of benzene rings is 1. The minimum absolute atomic E-state index is 0.418. The molecule has 0 radical (unpaired) electrons. The van der Waals surface area contributed by atoms with Gasteiger partial charge in [-0.2, -0.15) is 0 Å². The Labute approximate surface area is 88.2 Å². The van der Waals surface area contributed by atoms with Crippen molar-refractivity contribution in [3.8, 4) is 0 Å². The number of para-hydroxylation sites is 1. The van der Waals surface area contributed by atoms with Crippen LogP contribution in [0, 0.1) is 0 Å². The zero-order chi connectivity index (χ0) is 10.4. The number of nitrogens with one attached hydrogen (secondary N) is 1. The van der Waals surface area contributed by atoms with Gasteiger partial charge in [0.15, 0.2) is 0 Å². The molecule has 0 spiro atoms. The second-order valence-electron chi connectivity index (χ2n) is 2.88. The van der Waals surface area contributed by atoms with Crippen molar-refractivity contribution in [1.29, 1.82) is 0 Å². The van der Waals surface area contributed by atoms with Crippen molar-refractivity contribution >= 4 is 23.2 Å². The van der Waals surface area contributed by atoms with Gasteiger partial charge in [-0.1, -0.05) is 12.1 Å². The van der Waals surface area contributed by atoms with Gasteiger partial charge in [-0.25, -0.2) is 0 Å². The highest BCUT2D eigenvalue weighted by molar-refractivity contribution is 6.17. The van der Waals surface area contributed by atoms with Gasteiger partial charge in [0.2, 0.25) is 0 Å². The molecule has 0 heterocycles. The van der Waals surface area contributed by atoms with Crippen LogP contribution in [-0.2, 0) is 0 Å². The molecule has 14 heavy (non-hydrogen) atoms. The van der Waals surface area contributed by atoms with E-state index in [1.165, 1.54) is 0 Å². The van der Waals surface area contributed by atoms with Crippen molar-refractivity contribution < 1.29 is 4.79 Å². The summed E-state index contributed by atoms with van der Waals surface area (Å²) in [5, 5.41) is 3.11. The number of amides is 1. The monoisotopic (exact) mass is 212 g/mol. The SMILES string of the molecule is NC(=O)c1ccccc1NCCCCl. The van der Waals surface area contributed by atoms with E-state index in [4.69, 9.17) is 17.3 Å². The van der Waals surface area contributed by atoms with Crippen LogP contribution in [0.1, 0.15) is 16.8 Å². The Morgan fingerprint density at radius 1 is 1.43 bits per heavy atom. The first kappa shape index (κ1) is 10.9. The molecular weight excluding hydrogens is 200 g/mol. The van der Waals surface area contributed by atoms with E-state index in [-0.39, 0.29) is 0 Å². The molecule has 0 bridgehead atoms. The van der Waals surface area contributed by atoms with Crippen LogP contribution in [0.5, 0.6) is 0 Å². The highest BCUT2D eigenvalue weighted by Gasteiger charge is 2.05. The molecule has 0 unspecified atom stereocenters. The van der Waals surface area contributed by atoms with Gasteiger partial charge in [0.05, 0.1) is 5.56 Å². The number of anilines is 1. The van der Waals surface area contributed by atoms with Crippen molar-refractivity contribution in [2.45, 2.75) is 6.42 Å². The molecule has 76 valence electrons. The Balaban J connectivity index is 2.69. The summed E-state index contributed by atoms with van der Waals surface area (Å²) in [6.07, 6.45) is 0.856. The van der Waals surface area contributed by atoms with Crippen LogP contribution in [0.3, 0.4) is 0 Å². The maximum atomic E-state index is 11.0. The average molecular weight is 213 g/mol. The highest BCUT2D eigenvalue weighted by Crippen LogP contribution is 2.13. The minimum Gasteiger partial charge on any atom is -0.384 e. The van der Waals surface area contributed by atoms with E-state index in [0.717, 1.165) is 18.7 Å². The molecule has 0 aromatic heterocycles. The summed E-state index contributed by atoms with van der Waals surface area (Å²) in [4.78, 5) is 11.0. The first-order chi connectivity index (χ1) is 6.75. The molecule has 0 atom stereocenters. The van der Waals surface area contributed by atoms with E-state index in [9.17, 15) is 4.79 Å². The third-order valence-electron chi connectivity index (χ3n) is 1.82. The smallest absolute Gasteiger partial charge is 0.250 e. The van der Waals surface area contributed by atoms with Gasteiger partial charge in [0.1, 0.15) is 0 Å². The number of hydrogen-bond donors (Lipinski definition) is 2. The molecule has 1 rings (SSSR count). The Kier molecular flexibility index (Phi) is 4.26. The standard InChI is InChI=1S/C10H13ClN2O/c11-6-3-7-13-9-5-2-1-4-8(9)10(12)14/h1-2,4-5,13H,3,6-7H2,(H2,12,14). The predicted molar refractivity (Wildman–Crippen MR) is 58.8 cm³/mol. The molecule has 1 aromatic carbocycles. The van der Waals surface area contributed by atoms with E-state index in [1.807, 2.05) is 12.1 Å². The van der Waals surface area contributed by atoms with Gasteiger partial charge >= 0.3 is 0 Å². The van der Waals surface area contributed by atoms with Gasteiger partial charge in [-0.3, -0.25) is 4.79 Å². The number of halogens is 1. The van der Waals surface area contributed by atoms with Gasteiger partial charge in [0, 0.05) is 18.1 Å². The van der Waals surface area contributed by atoms with Crippen LogP contribution in [0.4, 0.5) is 5.69 Å². The van der Waals surface area contributed by atoms with Crippen LogP contribution in [0.25, 0.3) is 0 Å². The molecule has 0 saturated carbocycles. The number of primary amides is 1. The van der Waals surface area contributed by atoms with Crippen LogP contribution >= 0.6 is 11.6 Å². The normalized spacial score (nSPS) is 9.79. The van der Waals surface area contributed by atoms with E-state index < -0.39 is 5.91 Å². The lowest BCUT2D eigenvalue weighted by Gasteiger charge is -2.08. The van der Waals surface area contributed by atoms with E-state index in [2.05, 4.69) is 5.32 Å². The summed E-state index contributed by atoms with van der Waals surface area (Å²) in [6.45, 7) is 0.744. The number of carbonyl (C=O) groups is 1. The molecule has 4 heteroatoms. The lowest BCUT2D eigenvalue weighted by molar-refractivity contribution is 0.100. The Hall–Kier alpha value is -1.22. The molecule has 0 aliphatic carbocycles. The summed E-state index contributed by atoms with van der Waals surface area (Å²) in [5.41, 5.74) is 6.50. The lowest BCUT2D eigenvalue weighted by atomic mass is 10.1. The molecule has 3 N–H and O–H groups in total. The fraction of sp³-hybridized carbons (Fsp3) is 0.300. The Morgan fingerprint density at radius 3 is 2.79 bits per heavy atom. The second kappa shape index (κ2) is 5.50. The minimum atomic E-state index is -0.418. The molecule has 0 aliphatic rings. The summed E-state index contributed by atoms with van der Waals surface area (Å²) in [7, 11) is 0. The van der Waals surface area contributed by atoms with Crippen LogP contribution in [0.2, 0.25) is 0 Å². The maximum absolute atomic E-state index is 11.0. The first-order valence-corrected chi connectivity index (χ1v) is 4.98. The Morgan fingerprint density at radius 2 is 2.14 bits per heavy atom. The number of hydrogen-bond acceptors (Lipinski definition) is 2. The van der Waals surface area contributed by atoms with Crippen LogP contribution in [0.15, 0.2) is 24.3 Å². The summed E-state index contributed by atoms with van der Waals surface area (Å²) >= 11 is 5.54. The molecule has 1 amide bonds. The fourth-order valence-corrected chi connectivity index (χ4v) is 1.28. The van der Waals surface area contributed by atoms with E-state index >= 15 is 0 Å². The zero-order valence-corrected chi connectivity index (χ0v) is 8.55. The van der Waals surface area contributed by atoms with Crippen molar-refractivity contribution in [2.75, 3.05) is 17.7 Å². The number of rotatable bonds is 5. The van der Waals surface area contributed by atoms with Gasteiger partial charge in [-0.05, 0) is 18.6 Å². The third-order valence-corrected chi connectivity index (χ3v) is 2.09. The average Bonchev–Trinajstić information content (AvgIpc) is 2.19. The van der Waals surface area contributed by atoms with Crippen molar-refractivity contribution in [2.24, 2.45) is 5.73 Å². The van der Waals surface area contributed by atoms with E-state index in [1.54, 1.807) is 12.1 Å². The first-order valence-electron chi connectivity index (χ1n) is 4.44. The van der Waals surface area contributed by atoms with Crippen molar-refractivity contribution in [3.63, 3.8) is 0 Å². The number of alkyl halides is 1. The van der Waals surface area contributed by atoms with Crippen molar-refractivity contribution in [3.05, 3.63) is 29.8 Å². The number of nitrogens with two attached hydrogens (primary N) is 1. The second-order valence-corrected chi connectivity index (χ2v) is 3.26. The summed E-state index contributed by atoms with van der Waals surface area (Å²) in [6, 6.07) is 7.17. The Bertz CT molecular complexity index is 315. The summed E-state index contributed by atoms with van der Waals surface area (Å²) < 4.78 is 0. The van der Waals surface area contributed by atoms with Crippen LogP contribution in [-0.4, -0.2) is 18.3 Å². The number of carbonyl (C=O) groups excluding carboxylic acids is 1. The van der Waals surface area contributed by atoms with Gasteiger partial charge in [0.25, 0.3) is 5.91 Å². The lowest BCUT2D eigenvalue weighted by Crippen LogP contribution is -2.14. The van der Waals surface area contributed by atoms with Crippen LogP contribution < -0.4 is 11.1 Å². The topological polar surface area (TPSA) is 55.1 Å². The van der Waals surface area contributed by atoms with Gasteiger partial charge in [-0.15, -0.1) is 11.6 Å². The molecule has 0 aliphatic heterocycles. The highest BCUT2D eigenvalue weighted by atomic mass is 35.5. The predicted octanol–water partition coefficient (Wildman–Crippen LogP) is 1.83. The summed E-state index contributed by atoms with van der Waals surface area (Å²) in [5.74, 6) is 0.185. The third kappa shape index (κ3) is 2.92. The molecule has 0 saturated heterocycles. The molecule has 1 aromatic rings. The van der Waals surface area contributed by atoms with Gasteiger partial charge < -0.3 is 11.1 Å². The zero-order valence-electron chi connectivity index (χ0n) is 7.79. The van der Waals surface area contributed by atoms with Crippen molar-refractivity contribution in [1.82, 2.24) is 0 Å². The quantitative estimate of drug-likeness (QED) is 0.578. The fourth-order valence-electron chi connectivity index (χ4n) is 1.14. The molecule has 0 fully saturated rings. The van der Waals surface area contributed by atoms with E-state index in [0.29, 0.717) is 11.4 Å².